The van der Waals surface area contributed by atoms with Crippen LogP contribution >= 0.6 is 35.0 Å². The number of carbonyl (C=O) groups excluding carboxylic acids is 3. The van der Waals surface area contributed by atoms with Gasteiger partial charge in [-0.1, -0.05) is 65.7 Å². The number of anilines is 2. The molecular formula is C33H29Cl2N3O3S. The number of rotatable bonds is 9. The molecule has 0 spiro atoms. The number of amides is 3. The zero-order valence-electron chi connectivity index (χ0n) is 23.2. The summed E-state index contributed by atoms with van der Waals surface area (Å²) in [4.78, 5) is 39.9. The highest BCUT2D eigenvalue weighted by atomic mass is 35.5. The molecule has 0 bridgehead atoms. The Balaban J connectivity index is 1.47. The lowest BCUT2D eigenvalue weighted by molar-refractivity contribution is -0.115. The second-order valence-electron chi connectivity index (χ2n) is 9.51. The molecule has 3 amide bonds. The quantitative estimate of drug-likeness (QED) is 0.131. The van der Waals surface area contributed by atoms with Crippen molar-refractivity contribution in [1.29, 1.82) is 0 Å². The van der Waals surface area contributed by atoms with E-state index in [1.54, 1.807) is 60.7 Å². The average Bonchev–Trinajstić information content (AvgIpc) is 2.97. The number of carbonyl (C=O) groups is 3. The van der Waals surface area contributed by atoms with E-state index in [-0.39, 0.29) is 16.9 Å². The number of para-hydroxylation sites is 1. The summed E-state index contributed by atoms with van der Waals surface area (Å²) in [7, 11) is 0. The Kier molecular flexibility index (Phi) is 10.5. The molecule has 0 saturated heterocycles. The van der Waals surface area contributed by atoms with Crippen molar-refractivity contribution in [2.45, 2.75) is 30.9 Å². The van der Waals surface area contributed by atoms with E-state index in [1.165, 1.54) is 17.8 Å². The van der Waals surface area contributed by atoms with E-state index in [4.69, 9.17) is 23.2 Å². The van der Waals surface area contributed by atoms with Crippen molar-refractivity contribution in [2.24, 2.45) is 0 Å². The molecule has 0 saturated carbocycles. The molecule has 4 aromatic rings. The smallest absolute Gasteiger partial charge is 0.272 e. The van der Waals surface area contributed by atoms with Crippen LogP contribution in [0.1, 0.15) is 34.0 Å². The number of hydrogen-bond donors (Lipinski definition) is 3. The lowest BCUT2D eigenvalue weighted by Crippen LogP contribution is -2.30. The highest BCUT2D eigenvalue weighted by Crippen LogP contribution is 2.29. The fourth-order valence-corrected chi connectivity index (χ4v) is 5.42. The minimum atomic E-state index is -0.558. The summed E-state index contributed by atoms with van der Waals surface area (Å²) in [5, 5.41) is 8.83. The van der Waals surface area contributed by atoms with E-state index < -0.39 is 11.8 Å². The van der Waals surface area contributed by atoms with E-state index in [0.29, 0.717) is 26.9 Å². The third-order valence-electron chi connectivity index (χ3n) is 6.34. The van der Waals surface area contributed by atoms with Crippen LogP contribution in [0.2, 0.25) is 10.0 Å². The molecule has 214 valence electrons. The van der Waals surface area contributed by atoms with Crippen LogP contribution in [0.15, 0.2) is 102 Å². The van der Waals surface area contributed by atoms with Crippen molar-refractivity contribution in [3.05, 3.63) is 129 Å². The maximum absolute atomic E-state index is 13.3. The van der Waals surface area contributed by atoms with Crippen LogP contribution in [0, 0.1) is 13.8 Å². The molecule has 6 nitrogen and oxygen atoms in total. The SMILES string of the molecule is Cc1cccc(C)c1NC(=O)C(C)Sc1ccc(NC(=O)/C(=C/c2c(Cl)cccc2Cl)NC(=O)c2ccccc2)cc1. The maximum atomic E-state index is 13.3. The van der Waals surface area contributed by atoms with Gasteiger partial charge in [0, 0.05) is 37.4 Å². The Morgan fingerprint density at radius 3 is 1.98 bits per heavy atom. The van der Waals surface area contributed by atoms with Crippen molar-refractivity contribution in [2.75, 3.05) is 10.6 Å². The Morgan fingerprint density at radius 2 is 1.36 bits per heavy atom. The van der Waals surface area contributed by atoms with Crippen molar-refractivity contribution in [1.82, 2.24) is 5.32 Å². The van der Waals surface area contributed by atoms with Gasteiger partial charge in [-0.25, -0.2) is 0 Å². The fraction of sp³-hybridized carbons (Fsp3) is 0.121. The molecule has 0 aliphatic carbocycles. The van der Waals surface area contributed by atoms with Gasteiger partial charge in [-0.05, 0) is 86.5 Å². The largest absolute Gasteiger partial charge is 0.325 e. The predicted molar refractivity (Wildman–Crippen MR) is 173 cm³/mol. The molecule has 42 heavy (non-hydrogen) atoms. The van der Waals surface area contributed by atoms with Gasteiger partial charge in [0.15, 0.2) is 0 Å². The molecular weight excluding hydrogens is 589 g/mol. The summed E-state index contributed by atoms with van der Waals surface area (Å²) in [5.74, 6) is -1.12. The first-order valence-electron chi connectivity index (χ1n) is 13.1. The van der Waals surface area contributed by atoms with Crippen LogP contribution in [0.5, 0.6) is 0 Å². The minimum absolute atomic E-state index is 0.0332. The molecule has 0 fully saturated rings. The van der Waals surface area contributed by atoms with Gasteiger partial charge in [0.1, 0.15) is 5.70 Å². The van der Waals surface area contributed by atoms with Crippen molar-refractivity contribution in [3.8, 4) is 0 Å². The van der Waals surface area contributed by atoms with Gasteiger partial charge in [-0.15, -0.1) is 11.8 Å². The highest BCUT2D eigenvalue weighted by Gasteiger charge is 2.18. The van der Waals surface area contributed by atoms with Gasteiger partial charge >= 0.3 is 0 Å². The fourth-order valence-electron chi connectivity index (χ4n) is 4.04. The first-order chi connectivity index (χ1) is 20.1. The second kappa shape index (κ2) is 14.2. The molecule has 1 unspecified atom stereocenters. The average molecular weight is 619 g/mol. The molecule has 9 heteroatoms. The summed E-state index contributed by atoms with van der Waals surface area (Å²) in [5.41, 5.74) is 4.10. The Bertz CT molecular complexity index is 1600. The zero-order valence-corrected chi connectivity index (χ0v) is 25.5. The standard InChI is InChI=1S/C33H29Cl2N3O3S/c1-20-9-7-10-21(2)30(20)38-31(39)22(3)42-25-17-15-24(16-18-25)36-33(41)29(19-26-27(34)13-8-14-28(26)35)37-32(40)23-11-5-4-6-12-23/h4-19,22H,1-3H3,(H,36,41)(H,37,40)(H,38,39)/b29-19-. The molecule has 0 aliphatic heterocycles. The van der Waals surface area contributed by atoms with Crippen molar-refractivity contribution >= 4 is 70.1 Å². The molecule has 0 aliphatic rings. The third kappa shape index (κ3) is 8.03. The maximum Gasteiger partial charge on any atom is 0.272 e. The summed E-state index contributed by atoms with van der Waals surface area (Å²) < 4.78 is 0. The van der Waals surface area contributed by atoms with Crippen LogP contribution in [0.4, 0.5) is 11.4 Å². The van der Waals surface area contributed by atoms with Gasteiger partial charge in [-0.2, -0.15) is 0 Å². The van der Waals surface area contributed by atoms with E-state index in [0.717, 1.165) is 21.7 Å². The molecule has 0 heterocycles. The number of benzene rings is 4. The van der Waals surface area contributed by atoms with E-state index >= 15 is 0 Å². The highest BCUT2D eigenvalue weighted by molar-refractivity contribution is 8.00. The number of thioether (sulfide) groups is 1. The molecule has 0 aromatic heterocycles. The van der Waals surface area contributed by atoms with Crippen LogP contribution in [-0.4, -0.2) is 23.0 Å². The summed E-state index contributed by atoms with van der Waals surface area (Å²) in [6.45, 7) is 5.77. The number of aryl methyl sites for hydroxylation is 2. The third-order valence-corrected chi connectivity index (χ3v) is 8.11. The van der Waals surface area contributed by atoms with E-state index in [2.05, 4.69) is 16.0 Å². The lowest BCUT2D eigenvalue weighted by atomic mass is 10.1. The van der Waals surface area contributed by atoms with Crippen LogP contribution in [0.25, 0.3) is 6.08 Å². The van der Waals surface area contributed by atoms with Crippen LogP contribution < -0.4 is 16.0 Å². The Hall–Kier alpha value is -4.04. The number of halogens is 2. The van der Waals surface area contributed by atoms with Gasteiger partial charge in [-0.3, -0.25) is 14.4 Å². The lowest BCUT2D eigenvalue weighted by Gasteiger charge is -2.16. The number of hydrogen-bond acceptors (Lipinski definition) is 4. The Morgan fingerprint density at radius 1 is 0.762 bits per heavy atom. The van der Waals surface area contributed by atoms with E-state index in [9.17, 15) is 14.4 Å². The summed E-state index contributed by atoms with van der Waals surface area (Å²) >= 11 is 14.1. The van der Waals surface area contributed by atoms with Crippen LogP contribution in [-0.2, 0) is 9.59 Å². The van der Waals surface area contributed by atoms with E-state index in [1.807, 2.05) is 51.1 Å². The first-order valence-corrected chi connectivity index (χ1v) is 14.7. The molecule has 0 radical (unpaired) electrons. The molecule has 4 aromatic carbocycles. The number of nitrogens with one attached hydrogen (secondary N) is 3. The predicted octanol–water partition coefficient (Wildman–Crippen LogP) is 8.14. The molecule has 1 atom stereocenters. The molecule has 3 N–H and O–H groups in total. The van der Waals surface area contributed by atoms with Gasteiger partial charge < -0.3 is 16.0 Å². The minimum Gasteiger partial charge on any atom is -0.325 e. The van der Waals surface area contributed by atoms with Crippen molar-refractivity contribution < 1.29 is 14.4 Å². The monoisotopic (exact) mass is 617 g/mol. The van der Waals surface area contributed by atoms with Crippen molar-refractivity contribution in [3.63, 3.8) is 0 Å². The first kappa shape index (κ1) is 30.9. The normalized spacial score (nSPS) is 11.9. The Labute approximate surface area is 259 Å². The second-order valence-corrected chi connectivity index (χ2v) is 11.7. The van der Waals surface area contributed by atoms with Gasteiger partial charge in [0.25, 0.3) is 11.8 Å². The topological polar surface area (TPSA) is 87.3 Å². The van der Waals surface area contributed by atoms with Gasteiger partial charge in [0.05, 0.1) is 5.25 Å². The van der Waals surface area contributed by atoms with Crippen LogP contribution in [0.3, 0.4) is 0 Å². The van der Waals surface area contributed by atoms with Gasteiger partial charge in [0.2, 0.25) is 5.91 Å². The summed E-state index contributed by atoms with van der Waals surface area (Å²) in [6, 6.07) is 26.5. The zero-order chi connectivity index (χ0) is 30.2. The molecule has 4 rings (SSSR count). The summed E-state index contributed by atoms with van der Waals surface area (Å²) in [6.07, 6.45) is 1.45.